The molecule has 2 rings (SSSR count). The molecule has 0 fully saturated rings. The Labute approximate surface area is 89.1 Å². The standard InChI is InChI=1S/C12H14N2O/c1-9-4-3-5-10(6-9)12-7-11(8-13-2)14-15-12/h3-7,13H,8H2,1-2H3. The van der Waals surface area contributed by atoms with E-state index in [1.54, 1.807) is 0 Å². The molecule has 0 aliphatic heterocycles. The summed E-state index contributed by atoms with van der Waals surface area (Å²) in [7, 11) is 1.89. The molecule has 2 aromatic rings. The summed E-state index contributed by atoms with van der Waals surface area (Å²) in [5.41, 5.74) is 3.22. The van der Waals surface area contributed by atoms with Gasteiger partial charge in [0.05, 0.1) is 5.69 Å². The fourth-order valence-corrected chi connectivity index (χ4v) is 1.51. The minimum atomic E-state index is 0.731. The van der Waals surface area contributed by atoms with E-state index in [1.165, 1.54) is 5.56 Å². The number of nitrogens with zero attached hydrogens (tertiary/aromatic N) is 1. The fraction of sp³-hybridized carbons (Fsp3) is 0.250. The van der Waals surface area contributed by atoms with Crippen molar-refractivity contribution in [3.8, 4) is 11.3 Å². The molecule has 1 aromatic carbocycles. The van der Waals surface area contributed by atoms with Gasteiger partial charge in [-0.3, -0.25) is 0 Å². The van der Waals surface area contributed by atoms with Crippen LogP contribution in [0.15, 0.2) is 34.9 Å². The van der Waals surface area contributed by atoms with Gasteiger partial charge in [0.25, 0.3) is 0 Å². The molecular weight excluding hydrogens is 188 g/mol. The summed E-state index contributed by atoms with van der Waals surface area (Å²) in [5, 5.41) is 7.01. The molecule has 0 saturated heterocycles. The molecule has 15 heavy (non-hydrogen) atoms. The summed E-state index contributed by atoms with van der Waals surface area (Å²) in [6.45, 7) is 2.80. The lowest BCUT2D eigenvalue weighted by Crippen LogP contribution is -2.04. The number of hydrogen-bond donors (Lipinski definition) is 1. The molecule has 3 heteroatoms. The summed E-state index contributed by atoms with van der Waals surface area (Å²) in [6.07, 6.45) is 0. The van der Waals surface area contributed by atoms with Gasteiger partial charge in [-0.25, -0.2) is 0 Å². The third-order valence-electron chi connectivity index (χ3n) is 2.22. The molecule has 0 amide bonds. The topological polar surface area (TPSA) is 38.1 Å². The van der Waals surface area contributed by atoms with Crippen molar-refractivity contribution >= 4 is 0 Å². The van der Waals surface area contributed by atoms with Crippen molar-refractivity contribution in [2.75, 3.05) is 7.05 Å². The van der Waals surface area contributed by atoms with Gasteiger partial charge in [0.15, 0.2) is 5.76 Å². The van der Waals surface area contributed by atoms with E-state index >= 15 is 0 Å². The van der Waals surface area contributed by atoms with Gasteiger partial charge in [-0.15, -0.1) is 0 Å². The minimum Gasteiger partial charge on any atom is -0.356 e. The van der Waals surface area contributed by atoms with Crippen molar-refractivity contribution in [2.24, 2.45) is 0 Å². The first-order chi connectivity index (χ1) is 7.29. The van der Waals surface area contributed by atoms with E-state index < -0.39 is 0 Å². The monoisotopic (exact) mass is 202 g/mol. The molecular formula is C12H14N2O. The molecule has 0 radical (unpaired) electrons. The van der Waals surface area contributed by atoms with Gasteiger partial charge in [0.1, 0.15) is 0 Å². The van der Waals surface area contributed by atoms with E-state index in [0.29, 0.717) is 0 Å². The summed E-state index contributed by atoms with van der Waals surface area (Å²) in [6, 6.07) is 10.2. The van der Waals surface area contributed by atoms with Crippen molar-refractivity contribution < 1.29 is 4.52 Å². The molecule has 3 nitrogen and oxygen atoms in total. The number of rotatable bonds is 3. The van der Waals surface area contributed by atoms with Gasteiger partial charge in [0, 0.05) is 18.2 Å². The highest BCUT2D eigenvalue weighted by Crippen LogP contribution is 2.20. The van der Waals surface area contributed by atoms with Crippen molar-refractivity contribution in [2.45, 2.75) is 13.5 Å². The van der Waals surface area contributed by atoms with Crippen LogP contribution >= 0.6 is 0 Å². The lowest BCUT2D eigenvalue weighted by molar-refractivity contribution is 0.421. The van der Waals surface area contributed by atoms with Crippen LogP contribution in [0.2, 0.25) is 0 Å². The second kappa shape index (κ2) is 4.28. The van der Waals surface area contributed by atoms with E-state index in [0.717, 1.165) is 23.6 Å². The van der Waals surface area contributed by atoms with Crippen LogP contribution in [0.25, 0.3) is 11.3 Å². The summed E-state index contributed by atoms with van der Waals surface area (Å²) < 4.78 is 5.27. The predicted octanol–water partition coefficient (Wildman–Crippen LogP) is 2.37. The molecule has 0 unspecified atom stereocenters. The van der Waals surface area contributed by atoms with Crippen LogP contribution in [0, 0.1) is 6.92 Å². The van der Waals surface area contributed by atoms with Gasteiger partial charge in [-0.2, -0.15) is 0 Å². The first kappa shape index (κ1) is 9.93. The second-order valence-corrected chi connectivity index (χ2v) is 3.58. The van der Waals surface area contributed by atoms with Crippen LogP contribution < -0.4 is 5.32 Å². The maximum absolute atomic E-state index is 5.27. The molecule has 0 saturated carbocycles. The summed E-state index contributed by atoms with van der Waals surface area (Å²) in [4.78, 5) is 0. The van der Waals surface area contributed by atoms with E-state index in [2.05, 4.69) is 29.5 Å². The van der Waals surface area contributed by atoms with Crippen LogP contribution in [0.4, 0.5) is 0 Å². The molecule has 0 atom stereocenters. The second-order valence-electron chi connectivity index (χ2n) is 3.58. The lowest BCUT2D eigenvalue weighted by Gasteiger charge is -1.96. The Morgan fingerprint density at radius 2 is 2.20 bits per heavy atom. The van der Waals surface area contributed by atoms with Crippen LogP contribution in [-0.2, 0) is 6.54 Å². The van der Waals surface area contributed by atoms with Gasteiger partial charge < -0.3 is 9.84 Å². The van der Waals surface area contributed by atoms with Crippen LogP contribution in [0.5, 0.6) is 0 Å². The van der Waals surface area contributed by atoms with Crippen LogP contribution in [0.3, 0.4) is 0 Å². The average molecular weight is 202 g/mol. The van der Waals surface area contributed by atoms with Gasteiger partial charge in [-0.05, 0) is 20.0 Å². The highest BCUT2D eigenvalue weighted by atomic mass is 16.5. The van der Waals surface area contributed by atoms with Gasteiger partial charge in [-0.1, -0.05) is 28.9 Å². The Morgan fingerprint density at radius 1 is 1.33 bits per heavy atom. The molecule has 0 aliphatic rings. The van der Waals surface area contributed by atoms with Crippen molar-refractivity contribution in [1.82, 2.24) is 10.5 Å². The molecule has 1 N–H and O–H groups in total. The highest BCUT2D eigenvalue weighted by Gasteiger charge is 2.05. The Balaban J connectivity index is 2.29. The first-order valence-corrected chi connectivity index (χ1v) is 4.97. The van der Waals surface area contributed by atoms with E-state index in [4.69, 9.17) is 4.52 Å². The molecule has 78 valence electrons. The zero-order valence-electron chi connectivity index (χ0n) is 8.95. The minimum absolute atomic E-state index is 0.731. The third kappa shape index (κ3) is 2.25. The molecule has 1 aromatic heterocycles. The lowest BCUT2D eigenvalue weighted by atomic mass is 10.1. The van der Waals surface area contributed by atoms with Crippen LogP contribution in [0.1, 0.15) is 11.3 Å². The molecule has 1 heterocycles. The number of nitrogens with one attached hydrogen (secondary N) is 1. The van der Waals surface area contributed by atoms with Crippen LogP contribution in [-0.4, -0.2) is 12.2 Å². The Morgan fingerprint density at radius 3 is 2.93 bits per heavy atom. The number of benzene rings is 1. The zero-order valence-corrected chi connectivity index (χ0v) is 8.95. The number of aromatic nitrogens is 1. The Bertz CT molecular complexity index is 448. The quantitative estimate of drug-likeness (QED) is 0.830. The Kier molecular flexibility index (Phi) is 2.83. The molecule has 0 spiro atoms. The highest BCUT2D eigenvalue weighted by molar-refractivity contribution is 5.58. The Hall–Kier alpha value is -1.61. The maximum Gasteiger partial charge on any atom is 0.167 e. The molecule has 0 aliphatic carbocycles. The SMILES string of the molecule is CNCc1cc(-c2cccc(C)c2)on1. The first-order valence-electron chi connectivity index (χ1n) is 4.97. The van der Waals surface area contributed by atoms with E-state index in [-0.39, 0.29) is 0 Å². The van der Waals surface area contributed by atoms with Crippen molar-refractivity contribution in [3.63, 3.8) is 0 Å². The smallest absolute Gasteiger partial charge is 0.167 e. The largest absolute Gasteiger partial charge is 0.356 e. The summed E-state index contributed by atoms with van der Waals surface area (Å²) >= 11 is 0. The van der Waals surface area contributed by atoms with Crippen molar-refractivity contribution in [1.29, 1.82) is 0 Å². The molecule has 0 bridgehead atoms. The number of aryl methyl sites for hydroxylation is 1. The third-order valence-corrected chi connectivity index (χ3v) is 2.22. The normalized spacial score (nSPS) is 10.5. The zero-order chi connectivity index (χ0) is 10.7. The maximum atomic E-state index is 5.27. The van der Waals surface area contributed by atoms with E-state index in [1.807, 2.05) is 25.2 Å². The van der Waals surface area contributed by atoms with Gasteiger partial charge >= 0.3 is 0 Å². The predicted molar refractivity (Wildman–Crippen MR) is 59.4 cm³/mol. The number of hydrogen-bond acceptors (Lipinski definition) is 3. The van der Waals surface area contributed by atoms with Crippen molar-refractivity contribution in [3.05, 3.63) is 41.6 Å². The summed E-state index contributed by atoms with van der Waals surface area (Å²) in [5.74, 6) is 0.823. The van der Waals surface area contributed by atoms with Gasteiger partial charge in [0.2, 0.25) is 0 Å². The fourth-order valence-electron chi connectivity index (χ4n) is 1.51. The average Bonchev–Trinajstić information content (AvgIpc) is 2.67. The van der Waals surface area contributed by atoms with E-state index in [9.17, 15) is 0 Å².